The number of nitrogens with one attached hydrogen (secondary N) is 1. The first-order valence-electron chi connectivity index (χ1n) is 8.78. The van der Waals surface area contributed by atoms with Crippen LogP contribution in [0.3, 0.4) is 0 Å². The number of thiazole rings is 1. The number of rotatable bonds is 5. The Kier molecular flexibility index (Phi) is 5.13. The third kappa shape index (κ3) is 4.36. The van der Waals surface area contributed by atoms with Gasteiger partial charge in [-0.25, -0.2) is 4.98 Å². The number of non-ortho nitro benzene ring substituents is 1. The minimum absolute atomic E-state index is 0.0175. The van der Waals surface area contributed by atoms with Crippen LogP contribution in [0.2, 0.25) is 0 Å². The molecule has 1 N–H and O–H groups in total. The first-order valence-corrected chi connectivity index (χ1v) is 9.60. The van der Waals surface area contributed by atoms with E-state index in [-0.39, 0.29) is 11.6 Å². The minimum Gasteiger partial charge on any atom is -0.322 e. The standard InChI is InChI=1S/C22H15N3O3S/c26-21(12-11-15-5-3-8-18(13-15)25(27)28)23-17-7-4-6-16(14-17)22-24-19-9-1-2-10-20(19)29-22/h1-14H,(H,23,26)/b12-11+. The van der Waals surface area contributed by atoms with Crippen LogP contribution in [-0.2, 0) is 4.79 Å². The van der Waals surface area contributed by atoms with E-state index in [1.165, 1.54) is 18.2 Å². The van der Waals surface area contributed by atoms with Gasteiger partial charge in [0.2, 0.25) is 5.91 Å². The number of nitro groups is 1. The number of amides is 1. The van der Waals surface area contributed by atoms with Crippen molar-refractivity contribution >= 4 is 44.9 Å². The number of fused-ring (bicyclic) bond motifs is 1. The third-order valence-electron chi connectivity index (χ3n) is 4.18. The monoisotopic (exact) mass is 401 g/mol. The normalized spacial score (nSPS) is 11.0. The van der Waals surface area contributed by atoms with Crippen LogP contribution in [0.5, 0.6) is 0 Å². The van der Waals surface area contributed by atoms with Gasteiger partial charge in [-0.05, 0) is 35.9 Å². The lowest BCUT2D eigenvalue weighted by Crippen LogP contribution is -2.07. The maximum absolute atomic E-state index is 12.2. The molecular weight excluding hydrogens is 386 g/mol. The highest BCUT2D eigenvalue weighted by atomic mass is 32.1. The molecule has 0 aliphatic carbocycles. The summed E-state index contributed by atoms with van der Waals surface area (Å²) in [6.07, 6.45) is 2.89. The summed E-state index contributed by atoms with van der Waals surface area (Å²) in [5, 5.41) is 14.5. The molecule has 6 nitrogen and oxygen atoms in total. The van der Waals surface area contributed by atoms with E-state index in [1.54, 1.807) is 35.6 Å². The fourth-order valence-corrected chi connectivity index (χ4v) is 3.79. The number of nitrogens with zero attached hydrogens (tertiary/aromatic N) is 2. The van der Waals surface area contributed by atoms with Gasteiger partial charge in [-0.1, -0.05) is 36.4 Å². The van der Waals surface area contributed by atoms with E-state index in [9.17, 15) is 14.9 Å². The highest BCUT2D eigenvalue weighted by molar-refractivity contribution is 7.21. The van der Waals surface area contributed by atoms with Crippen molar-refractivity contribution in [3.63, 3.8) is 0 Å². The Balaban J connectivity index is 1.49. The summed E-state index contributed by atoms with van der Waals surface area (Å²) >= 11 is 1.60. The number of benzene rings is 3. The smallest absolute Gasteiger partial charge is 0.270 e. The van der Waals surface area contributed by atoms with Gasteiger partial charge in [0, 0.05) is 29.5 Å². The molecule has 0 radical (unpaired) electrons. The lowest BCUT2D eigenvalue weighted by Gasteiger charge is -2.04. The molecule has 0 saturated carbocycles. The van der Waals surface area contributed by atoms with Gasteiger partial charge in [0.25, 0.3) is 5.69 Å². The van der Waals surface area contributed by atoms with Gasteiger partial charge >= 0.3 is 0 Å². The molecule has 0 unspecified atom stereocenters. The quantitative estimate of drug-likeness (QED) is 0.271. The van der Waals surface area contributed by atoms with Crippen molar-refractivity contribution in [3.05, 3.63) is 94.6 Å². The maximum atomic E-state index is 12.2. The van der Waals surface area contributed by atoms with Crippen LogP contribution in [0.25, 0.3) is 26.9 Å². The molecule has 4 aromatic rings. The van der Waals surface area contributed by atoms with Gasteiger partial charge < -0.3 is 5.32 Å². The van der Waals surface area contributed by atoms with Crippen LogP contribution in [0.15, 0.2) is 78.9 Å². The molecular formula is C22H15N3O3S. The minimum atomic E-state index is -0.467. The topological polar surface area (TPSA) is 85.1 Å². The van der Waals surface area contributed by atoms with Gasteiger partial charge in [0.15, 0.2) is 0 Å². The van der Waals surface area contributed by atoms with Crippen LogP contribution < -0.4 is 5.32 Å². The van der Waals surface area contributed by atoms with Crippen molar-refractivity contribution in [3.8, 4) is 10.6 Å². The molecule has 1 amide bonds. The lowest BCUT2D eigenvalue weighted by molar-refractivity contribution is -0.384. The predicted octanol–water partition coefficient (Wildman–Crippen LogP) is 5.52. The van der Waals surface area contributed by atoms with Crippen molar-refractivity contribution in [2.24, 2.45) is 0 Å². The van der Waals surface area contributed by atoms with E-state index in [0.29, 0.717) is 11.3 Å². The molecule has 1 aromatic heterocycles. The first kappa shape index (κ1) is 18.5. The molecule has 1 heterocycles. The van der Waals surface area contributed by atoms with E-state index in [2.05, 4.69) is 10.3 Å². The maximum Gasteiger partial charge on any atom is 0.270 e. The molecule has 4 rings (SSSR count). The summed E-state index contributed by atoms with van der Waals surface area (Å²) in [5.41, 5.74) is 3.08. The summed E-state index contributed by atoms with van der Waals surface area (Å²) < 4.78 is 1.11. The summed E-state index contributed by atoms with van der Waals surface area (Å²) in [7, 11) is 0. The number of nitro benzene ring substituents is 1. The van der Waals surface area contributed by atoms with Crippen molar-refractivity contribution in [1.82, 2.24) is 4.98 Å². The number of carbonyl (C=O) groups excluding carboxylic acids is 1. The summed E-state index contributed by atoms with van der Waals surface area (Å²) in [4.78, 5) is 27.3. The van der Waals surface area contributed by atoms with E-state index < -0.39 is 4.92 Å². The molecule has 0 aliphatic rings. The first-order chi connectivity index (χ1) is 14.1. The molecule has 142 valence electrons. The number of hydrogen-bond acceptors (Lipinski definition) is 5. The Morgan fingerprint density at radius 2 is 1.86 bits per heavy atom. The van der Waals surface area contributed by atoms with Gasteiger partial charge in [0.1, 0.15) is 5.01 Å². The summed E-state index contributed by atoms with van der Waals surface area (Å²) in [6, 6.07) is 21.5. The largest absolute Gasteiger partial charge is 0.322 e. The van der Waals surface area contributed by atoms with Gasteiger partial charge in [0.05, 0.1) is 15.1 Å². The molecule has 0 saturated heterocycles. The Bertz CT molecular complexity index is 1210. The Morgan fingerprint density at radius 1 is 1.03 bits per heavy atom. The van der Waals surface area contributed by atoms with Crippen LogP contribution in [0.4, 0.5) is 11.4 Å². The predicted molar refractivity (Wildman–Crippen MR) is 116 cm³/mol. The van der Waals surface area contributed by atoms with Crippen molar-refractivity contribution < 1.29 is 9.72 Å². The number of aromatic nitrogens is 1. The number of hydrogen-bond donors (Lipinski definition) is 1. The average molecular weight is 401 g/mol. The average Bonchev–Trinajstić information content (AvgIpc) is 3.17. The van der Waals surface area contributed by atoms with Gasteiger partial charge in [-0.2, -0.15) is 0 Å². The highest BCUT2D eigenvalue weighted by Gasteiger charge is 2.08. The summed E-state index contributed by atoms with van der Waals surface area (Å²) in [5.74, 6) is -0.321. The van der Waals surface area contributed by atoms with Gasteiger partial charge in [-0.15, -0.1) is 11.3 Å². The SMILES string of the molecule is O=C(/C=C/c1cccc([N+](=O)[O-])c1)Nc1cccc(-c2nc3ccccc3s2)c1. The second-order valence-corrected chi connectivity index (χ2v) is 7.27. The van der Waals surface area contributed by atoms with Crippen molar-refractivity contribution in [2.75, 3.05) is 5.32 Å². The highest BCUT2D eigenvalue weighted by Crippen LogP contribution is 2.31. The fourth-order valence-electron chi connectivity index (χ4n) is 2.82. The molecule has 0 bridgehead atoms. The zero-order valence-electron chi connectivity index (χ0n) is 15.1. The Labute approximate surface area is 170 Å². The molecule has 0 fully saturated rings. The van der Waals surface area contributed by atoms with Crippen molar-refractivity contribution in [1.29, 1.82) is 0 Å². The van der Waals surface area contributed by atoms with Crippen molar-refractivity contribution in [2.45, 2.75) is 0 Å². The third-order valence-corrected chi connectivity index (χ3v) is 5.26. The number of para-hydroxylation sites is 1. The Hall–Kier alpha value is -3.84. The zero-order valence-corrected chi connectivity index (χ0v) is 15.9. The van der Waals surface area contributed by atoms with Crippen LogP contribution >= 0.6 is 11.3 Å². The second-order valence-electron chi connectivity index (χ2n) is 6.24. The molecule has 0 spiro atoms. The molecule has 3 aromatic carbocycles. The van der Waals surface area contributed by atoms with E-state index in [0.717, 1.165) is 20.8 Å². The van der Waals surface area contributed by atoms with E-state index >= 15 is 0 Å². The van der Waals surface area contributed by atoms with Gasteiger partial charge in [-0.3, -0.25) is 14.9 Å². The Morgan fingerprint density at radius 3 is 2.69 bits per heavy atom. The molecule has 29 heavy (non-hydrogen) atoms. The second kappa shape index (κ2) is 8.04. The fraction of sp³-hybridized carbons (Fsp3) is 0. The lowest BCUT2D eigenvalue weighted by atomic mass is 10.2. The van der Waals surface area contributed by atoms with Crippen LogP contribution in [0, 0.1) is 10.1 Å². The van der Waals surface area contributed by atoms with E-state index in [4.69, 9.17) is 0 Å². The summed E-state index contributed by atoms with van der Waals surface area (Å²) in [6.45, 7) is 0. The van der Waals surface area contributed by atoms with Crippen LogP contribution in [0.1, 0.15) is 5.56 Å². The zero-order chi connectivity index (χ0) is 20.2. The molecule has 0 atom stereocenters. The van der Waals surface area contributed by atoms with Crippen LogP contribution in [-0.4, -0.2) is 15.8 Å². The molecule has 0 aliphatic heterocycles. The number of anilines is 1. The number of carbonyl (C=O) groups is 1. The molecule has 7 heteroatoms. The van der Waals surface area contributed by atoms with E-state index in [1.807, 2.05) is 42.5 Å².